The van der Waals surface area contributed by atoms with E-state index in [1.807, 2.05) is 13.0 Å². The number of halogens is 1. The maximum atomic E-state index is 12.8. The molecule has 1 amide bonds. The van der Waals surface area contributed by atoms with E-state index >= 15 is 0 Å². The zero-order valence-corrected chi connectivity index (χ0v) is 19.3. The molecule has 32 heavy (non-hydrogen) atoms. The number of amides is 1. The van der Waals surface area contributed by atoms with Crippen molar-refractivity contribution in [3.05, 3.63) is 77.3 Å². The van der Waals surface area contributed by atoms with Gasteiger partial charge in [0.05, 0.1) is 17.7 Å². The number of carbonyl (C=O) groups is 1. The topological polar surface area (TPSA) is 93.7 Å². The van der Waals surface area contributed by atoms with Crippen LogP contribution in [0, 0.1) is 6.92 Å². The van der Waals surface area contributed by atoms with Crippen LogP contribution in [0.1, 0.15) is 12.5 Å². The number of ether oxygens (including phenoxy) is 2. The van der Waals surface area contributed by atoms with Gasteiger partial charge in [-0.15, -0.1) is 0 Å². The van der Waals surface area contributed by atoms with Crippen molar-refractivity contribution in [3.8, 4) is 11.5 Å². The van der Waals surface area contributed by atoms with Crippen molar-refractivity contribution in [2.75, 3.05) is 17.1 Å². The van der Waals surface area contributed by atoms with Gasteiger partial charge >= 0.3 is 0 Å². The number of aryl methyl sites for hydroxylation is 1. The molecule has 0 aliphatic heterocycles. The van der Waals surface area contributed by atoms with E-state index in [-0.39, 0.29) is 10.8 Å². The molecule has 3 aromatic carbocycles. The summed E-state index contributed by atoms with van der Waals surface area (Å²) in [5, 5.41) is 3.27. The number of hydrogen-bond acceptors (Lipinski definition) is 5. The summed E-state index contributed by atoms with van der Waals surface area (Å²) >= 11 is 5.84. The molecule has 0 fully saturated rings. The third kappa shape index (κ3) is 5.93. The minimum absolute atomic E-state index is 0.0459. The molecule has 0 saturated heterocycles. The zero-order chi connectivity index (χ0) is 23.3. The molecular formula is C23H23ClN2O5S. The molecule has 0 spiro atoms. The summed E-state index contributed by atoms with van der Waals surface area (Å²) in [6.07, 6.45) is -0.768. The maximum Gasteiger partial charge on any atom is 0.265 e. The third-order valence-corrected chi connectivity index (χ3v) is 6.16. The van der Waals surface area contributed by atoms with Crippen molar-refractivity contribution in [2.24, 2.45) is 0 Å². The number of anilines is 2. The largest absolute Gasteiger partial charge is 0.495 e. The second-order valence-corrected chi connectivity index (χ2v) is 9.16. The number of rotatable bonds is 8. The Morgan fingerprint density at radius 3 is 2.28 bits per heavy atom. The number of carbonyl (C=O) groups excluding carboxylic acids is 1. The maximum absolute atomic E-state index is 12.8. The quantitative estimate of drug-likeness (QED) is 0.486. The highest BCUT2D eigenvalue weighted by atomic mass is 35.5. The molecule has 0 heterocycles. The Morgan fingerprint density at radius 1 is 1.00 bits per heavy atom. The van der Waals surface area contributed by atoms with Gasteiger partial charge in [-0.05, 0) is 80.1 Å². The Bertz CT molecular complexity index is 1200. The summed E-state index contributed by atoms with van der Waals surface area (Å²) in [5.74, 6) is 0.548. The van der Waals surface area contributed by atoms with Crippen LogP contribution in [0.15, 0.2) is 71.6 Å². The lowest BCUT2D eigenvalue weighted by Gasteiger charge is -2.15. The van der Waals surface area contributed by atoms with Crippen LogP contribution in [0.2, 0.25) is 5.02 Å². The van der Waals surface area contributed by atoms with Crippen LogP contribution in [-0.4, -0.2) is 27.5 Å². The SMILES string of the molecule is COc1ccc(C)cc1NS(=O)(=O)c1ccc(NC(=O)C(C)Oc2ccc(Cl)cc2)cc1. The van der Waals surface area contributed by atoms with Gasteiger partial charge in [0, 0.05) is 10.7 Å². The Labute approximate surface area is 192 Å². The predicted molar refractivity (Wildman–Crippen MR) is 125 cm³/mol. The van der Waals surface area contributed by atoms with Crippen LogP contribution in [0.3, 0.4) is 0 Å². The van der Waals surface area contributed by atoms with Gasteiger partial charge in [-0.1, -0.05) is 17.7 Å². The number of hydrogen-bond donors (Lipinski definition) is 2. The lowest BCUT2D eigenvalue weighted by atomic mass is 10.2. The monoisotopic (exact) mass is 474 g/mol. The normalized spacial score (nSPS) is 12.0. The molecule has 0 bridgehead atoms. The van der Waals surface area contributed by atoms with E-state index in [1.54, 1.807) is 43.3 Å². The van der Waals surface area contributed by atoms with Gasteiger partial charge in [0.1, 0.15) is 11.5 Å². The van der Waals surface area contributed by atoms with Crippen molar-refractivity contribution in [1.82, 2.24) is 0 Å². The molecule has 0 radical (unpaired) electrons. The van der Waals surface area contributed by atoms with Crippen molar-refractivity contribution in [1.29, 1.82) is 0 Å². The van der Waals surface area contributed by atoms with E-state index in [0.29, 0.717) is 27.9 Å². The lowest BCUT2D eigenvalue weighted by molar-refractivity contribution is -0.122. The third-order valence-electron chi connectivity index (χ3n) is 4.53. The molecule has 7 nitrogen and oxygen atoms in total. The zero-order valence-electron chi connectivity index (χ0n) is 17.8. The Morgan fingerprint density at radius 2 is 1.66 bits per heavy atom. The van der Waals surface area contributed by atoms with E-state index in [2.05, 4.69) is 10.0 Å². The van der Waals surface area contributed by atoms with Crippen LogP contribution >= 0.6 is 11.6 Å². The molecule has 1 unspecified atom stereocenters. The summed E-state index contributed by atoms with van der Waals surface area (Å²) in [6.45, 7) is 3.47. The van der Waals surface area contributed by atoms with E-state index in [4.69, 9.17) is 21.1 Å². The van der Waals surface area contributed by atoms with Crippen LogP contribution in [-0.2, 0) is 14.8 Å². The molecule has 9 heteroatoms. The number of sulfonamides is 1. The average Bonchev–Trinajstić information content (AvgIpc) is 2.75. The predicted octanol–water partition coefficient (Wildman–Crippen LogP) is 4.86. The first-order valence-corrected chi connectivity index (χ1v) is 11.5. The second kappa shape index (κ2) is 9.93. The lowest BCUT2D eigenvalue weighted by Crippen LogP contribution is -2.30. The van der Waals surface area contributed by atoms with E-state index in [1.165, 1.54) is 31.4 Å². The average molecular weight is 475 g/mol. The minimum atomic E-state index is -3.85. The summed E-state index contributed by atoms with van der Waals surface area (Å²) in [4.78, 5) is 12.4. The van der Waals surface area contributed by atoms with Crippen molar-refractivity contribution >= 4 is 38.9 Å². The first-order valence-electron chi connectivity index (χ1n) is 9.68. The fourth-order valence-electron chi connectivity index (χ4n) is 2.84. The van der Waals surface area contributed by atoms with Crippen molar-refractivity contribution in [3.63, 3.8) is 0 Å². The summed E-state index contributed by atoms with van der Waals surface area (Å²) in [6, 6.07) is 17.7. The highest BCUT2D eigenvalue weighted by molar-refractivity contribution is 7.92. The molecule has 3 rings (SSSR count). The highest BCUT2D eigenvalue weighted by Gasteiger charge is 2.18. The van der Waals surface area contributed by atoms with Crippen LogP contribution in [0.4, 0.5) is 11.4 Å². The van der Waals surface area contributed by atoms with Gasteiger partial charge in [0.15, 0.2) is 6.10 Å². The van der Waals surface area contributed by atoms with Crippen molar-refractivity contribution in [2.45, 2.75) is 24.8 Å². The molecule has 0 aliphatic carbocycles. The van der Waals surface area contributed by atoms with E-state index < -0.39 is 16.1 Å². The van der Waals surface area contributed by atoms with Crippen LogP contribution in [0.5, 0.6) is 11.5 Å². The van der Waals surface area contributed by atoms with Crippen LogP contribution < -0.4 is 19.5 Å². The van der Waals surface area contributed by atoms with Gasteiger partial charge in [-0.2, -0.15) is 0 Å². The fourth-order valence-corrected chi connectivity index (χ4v) is 4.02. The number of nitrogens with one attached hydrogen (secondary N) is 2. The van der Waals surface area contributed by atoms with Gasteiger partial charge < -0.3 is 14.8 Å². The molecule has 1 atom stereocenters. The summed E-state index contributed by atoms with van der Waals surface area (Å²) in [5.41, 5.74) is 1.67. The van der Waals surface area contributed by atoms with Gasteiger partial charge in [0.2, 0.25) is 0 Å². The van der Waals surface area contributed by atoms with Gasteiger partial charge in [-0.3, -0.25) is 9.52 Å². The van der Waals surface area contributed by atoms with E-state index in [9.17, 15) is 13.2 Å². The van der Waals surface area contributed by atoms with Gasteiger partial charge in [-0.25, -0.2) is 8.42 Å². The minimum Gasteiger partial charge on any atom is -0.495 e. The van der Waals surface area contributed by atoms with Crippen LogP contribution in [0.25, 0.3) is 0 Å². The van der Waals surface area contributed by atoms with E-state index in [0.717, 1.165) is 5.56 Å². The smallest absolute Gasteiger partial charge is 0.265 e. The Hall–Kier alpha value is -3.23. The second-order valence-electron chi connectivity index (χ2n) is 7.04. The van der Waals surface area contributed by atoms with Gasteiger partial charge in [0.25, 0.3) is 15.9 Å². The standard InChI is InChI=1S/C23H23ClN2O5S/c1-15-4-13-22(30-3)21(14-15)26-32(28,29)20-11-7-18(8-12-20)25-23(27)16(2)31-19-9-5-17(24)6-10-19/h4-14,16,26H,1-3H3,(H,25,27). The molecule has 3 aromatic rings. The molecule has 2 N–H and O–H groups in total. The number of methoxy groups -OCH3 is 1. The molecule has 0 aliphatic rings. The highest BCUT2D eigenvalue weighted by Crippen LogP contribution is 2.28. The summed E-state index contributed by atoms with van der Waals surface area (Å²) < 4.78 is 38.9. The molecule has 0 aromatic heterocycles. The molecule has 0 saturated carbocycles. The first kappa shape index (κ1) is 23.4. The first-order chi connectivity index (χ1) is 15.2. The Balaban J connectivity index is 1.66. The number of benzene rings is 3. The molecule has 168 valence electrons. The van der Waals surface area contributed by atoms with Crippen molar-refractivity contribution < 1.29 is 22.7 Å². The summed E-state index contributed by atoms with van der Waals surface area (Å²) in [7, 11) is -2.38. The molecular weight excluding hydrogens is 452 g/mol. The Kier molecular flexibility index (Phi) is 7.27. The fraction of sp³-hybridized carbons (Fsp3) is 0.174.